The number of aromatic nitrogens is 4. The number of amides is 1. The summed E-state index contributed by atoms with van der Waals surface area (Å²) in [5, 5.41) is 3.12. The molecule has 11 heteroatoms. The van der Waals surface area contributed by atoms with E-state index in [-0.39, 0.29) is 24.3 Å². The normalized spacial score (nSPS) is 18.2. The van der Waals surface area contributed by atoms with Crippen molar-refractivity contribution in [1.29, 1.82) is 0 Å². The molecule has 2 aromatic heterocycles. The highest BCUT2D eigenvalue weighted by Gasteiger charge is 2.36. The van der Waals surface area contributed by atoms with Crippen molar-refractivity contribution in [2.75, 3.05) is 5.75 Å². The molecule has 2 atom stereocenters. The van der Waals surface area contributed by atoms with Gasteiger partial charge in [0, 0.05) is 17.5 Å². The third-order valence-corrected chi connectivity index (χ3v) is 8.03. The lowest BCUT2D eigenvalue weighted by Crippen LogP contribution is -2.53. The number of nitrogens with zero attached hydrogens (tertiary/aromatic N) is 7. The first kappa shape index (κ1) is 28.6. The summed E-state index contributed by atoms with van der Waals surface area (Å²) in [4.78, 5) is 43.2. The molecular formula is C28H36N8O2S. The zero-order valence-electron chi connectivity index (χ0n) is 23.5. The lowest BCUT2D eigenvalue weighted by atomic mass is 10.1. The predicted molar refractivity (Wildman–Crippen MR) is 153 cm³/mol. The van der Waals surface area contributed by atoms with E-state index in [1.807, 2.05) is 41.5 Å². The number of aryl methyl sites for hydroxylation is 1. The molecule has 1 aliphatic carbocycles. The van der Waals surface area contributed by atoms with Gasteiger partial charge in [-0.25, -0.2) is 29.9 Å². The van der Waals surface area contributed by atoms with Crippen LogP contribution in [0.25, 0.3) is 5.70 Å². The molecule has 10 nitrogen and oxygen atoms in total. The molecule has 2 aromatic rings. The van der Waals surface area contributed by atoms with Gasteiger partial charge in [0.15, 0.2) is 16.6 Å². The van der Waals surface area contributed by atoms with Crippen molar-refractivity contribution in [3.8, 4) is 0 Å². The molecule has 1 N–H and O–H groups in total. The Morgan fingerprint density at radius 1 is 1.23 bits per heavy atom. The van der Waals surface area contributed by atoms with E-state index in [1.54, 1.807) is 23.6 Å². The highest BCUT2D eigenvalue weighted by Crippen LogP contribution is 2.42. The first-order valence-corrected chi connectivity index (χ1v) is 14.6. The van der Waals surface area contributed by atoms with Gasteiger partial charge in [-0.3, -0.25) is 9.69 Å². The molecular weight excluding hydrogens is 512 g/mol. The lowest BCUT2D eigenvalue weighted by molar-refractivity contribution is -0.122. The van der Waals surface area contributed by atoms with E-state index in [1.165, 1.54) is 0 Å². The average Bonchev–Trinajstić information content (AvgIpc) is 3.77. The van der Waals surface area contributed by atoms with E-state index in [0.717, 1.165) is 41.8 Å². The van der Waals surface area contributed by atoms with Gasteiger partial charge in [-0.2, -0.15) is 0 Å². The fourth-order valence-corrected chi connectivity index (χ4v) is 4.94. The maximum absolute atomic E-state index is 13.8. The van der Waals surface area contributed by atoms with E-state index >= 15 is 0 Å². The number of carbonyl (C=O) groups excluding carboxylic acids is 1. The molecule has 0 radical (unpaired) electrons. The van der Waals surface area contributed by atoms with Crippen LogP contribution in [0.3, 0.4) is 0 Å². The number of carbonyl (C=O) groups is 1. The first-order valence-electron chi connectivity index (χ1n) is 13.3. The standard InChI is InChI=1S/C28H36N8O2S/c1-8-17(5)36-27(34-19(7)23-18(6)32-15-33-25(23)20-10-11-20)24(16(3)4)35-26(28(36)37)31-14-22-29-12-21(13-30-22)39(38)9-2/h12-13,15,17,20H,7-11,14H2,1-6H3,(H,31,35)/b34-27+. The van der Waals surface area contributed by atoms with Crippen LogP contribution in [0, 0.1) is 6.92 Å². The number of aliphatic imine (C=N–C) groups is 2. The lowest BCUT2D eigenvalue weighted by Gasteiger charge is -2.34. The van der Waals surface area contributed by atoms with Gasteiger partial charge in [0.25, 0.3) is 5.91 Å². The number of allylic oxidation sites excluding steroid dienone is 1. The molecule has 39 heavy (non-hydrogen) atoms. The third-order valence-electron chi connectivity index (χ3n) is 6.77. The molecule has 0 spiro atoms. The molecule has 3 heterocycles. The van der Waals surface area contributed by atoms with E-state index in [9.17, 15) is 9.35 Å². The minimum absolute atomic E-state index is 0.138. The Bertz CT molecular complexity index is 1340. The second kappa shape index (κ2) is 12.2. The molecule has 206 valence electrons. The smallest absolute Gasteiger partial charge is 0.295 e. The van der Waals surface area contributed by atoms with Gasteiger partial charge in [-0.05, 0) is 70.6 Å². The maximum atomic E-state index is 13.8. The van der Waals surface area contributed by atoms with Crippen molar-refractivity contribution in [3.05, 3.63) is 59.3 Å². The molecule has 2 aliphatic rings. The number of rotatable bonds is 9. The average molecular weight is 549 g/mol. The Balaban J connectivity index is 1.68. The van der Waals surface area contributed by atoms with E-state index in [4.69, 9.17) is 9.98 Å². The summed E-state index contributed by atoms with van der Waals surface area (Å²) in [6.07, 6.45) is 7.61. The Morgan fingerprint density at radius 2 is 1.92 bits per heavy atom. The number of amidine groups is 2. The number of hydrogen-bond acceptors (Lipinski definition) is 9. The van der Waals surface area contributed by atoms with E-state index < -0.39 is 11.2 Å². The molecule has 1 fully saturated rings. The zero-order chi connectivity index (χ0) is 28.3. The van der Waals surface area contributed by atoms with Gasteiger partial charge in [0.2, 0.25) is 0 Å². The molecule has 0 aromatic carbocycles. The van der Waals surface area contributed by atoms with Gasteiger partial charge in [-0.1, -0.05) is 13.5 Å². The van der Waals surface area contributed by atoms with Crippen molar-refractivity contribution in [1.82, 2.24) is 30.2 Å². The SMILES string of the molecule is C=C(/N=C1\C(=C(C)C)N=C(NCc2ncc([S+]([O-])CC)cn2)C(=O)N1C(C)CC)c1c(C)ncnc1C1CC1. The fraction of sp³-hybridized carbons (Fsp3) is 0.464. The zero-order valence-corrected chi connectivity index (χ0v) is 24.3. The van der Waals surface area contributed by atoms with Crippen LogP contribution in [0.5, 0.6) is 0 Å². The van der Waals surface area contributed by atoms with Crippen LogP contribution in [-0.2, 0) is 22.5 Å². The summed E-state index contributed by atoms with van der Waals surface area (Å²) < 4.78 is 12.0. The van der Waals surface area contributed by atoms with Gasteiger partial charge >= 0.3 is 0 Å². The topological polar surface area (TPSA) is 132 Å². The summed E-state index contributed by atoms with van der Waals surface area (Å²) in [5.74, 6) is 1.74. The summed E-state index contributed by atoms with van der Waals surface area (Å²) in [7, 11) is 0. The Hall–Kier alpha value is -3.44. The minimum Gasteiger partial charge on any atom is -0.611 e. The maximum Gasteiger partial charge on any atom is 0.295 e. The minimum atomic E-state index is -1.12. The van der Waals surface area contributed by atoms with Crippen LogP contribution in [0.2, 0.25) is 0 Å². The second-order valence-electron chi connectivity index (χ2n) is 9.94. The van der Waals surface area contributed by atoms with Crippen LogP contribution in [0.4, 0.5) is 0 Å². The summed E-state index contributed by atoms with van der Waals surface area (Å²) in [6, 6.07) is -0.138. The summed E-state index contributed by atoms with van der Waals surface area (Å²) in [6.45, 7) is 16.2. The molecule has 1 aliphatic heterocycles. The van der Waals surface area contributed by atoms with Crippen LogP contribution in [-0.4, -0.2) is 58.8 Å². The van der Waals surface area contributed by atoms with Crippen LogP contribution in [0.15, 0.2) is 51.5 Å². The van der Waals surface area contributed by atoms with Crippen molar-refractivity contribution >= 4 is 34.5 Å². The van der Waals surface area contributed by atoms with Gasteiger partial charge in [0.1, 0.15) is 23.6 Å². The molecule has 1 saturated carbocycles. The quantitative estimate of drug-likeness (QED) is 0.467. The highest BCUT2D eigenvalue weighted by atomic mass is 32.2. The third kappa shape index (κ3) is 6.25. The van der Waals surface area contributed by atoms with Gasteiger partial charge in [0.05, 0.1) is 36.0 Å². The predicted octanol–water partition coefficient (Wildman–Crippen LogP) is 4.07. The summed E-state index contributed by atoms with van der Waals surface area (Å²) >= 11 is -1.12. The molecule has 0 saturated heterocycles. The molecule has 0 bridgehead atoms. The largest absolute Gasteiger partial charge is 0.611 e. The van der Waals surface area contributed by atoms with E-state index in [2.05, 4.69) is 31.8 Å². The van der Waals surface area contributed by atoms with Crippen molar-refractivity contribution in [2.24, 2.45) is 9.98 Å². The van der Waals surface area contributed by atoms with Crippen LogP contribution in [0.1, 0.15) is 82.6 Å². The number of hydrogen-bond donors (Lipinski definition) is 1. The van der Waals surface area contributed by atoms with E-state index in [0.29, 0.717) is 39.6 Å². The molecule has 2 unspecified atom stereocenters. The van der Waals surface area contributed by atoms with Gasteiger partial charge < -0.3 is 9.87 Å². The van der Waals surface area contributed by atoms with Crippen LogP contribution >= 0.6 is 0 Å². The first-order chi connectivity index (χ1) is 18.7. The number of nitrogens with one attached hydrogen (secondary N) is 1. The van der Waals surface area contributed by atoms with Crippen molar-refractivity contribution < 1.29 is 9.35 Å². The fourth-order valence-electron chi connectivity index (χ4n) is 4.26. The van der Waals surface area contributed by atoms with Gasteiger partial charge in [-0.15, -0.1) is 0 Å². The monoisotopic (exact) mass is 548 g/mol. The van der Waals surface area contributed by atoms with Crippen molar-refractivity contribution in [3.63, 3.8) is 0 Å². The Labute approximate surface area is 233 Å². The highest BCUT2D eigenvalue weighted by molar-refractivity contribution is 7.91. The van der Waals surface area contributed by atoms with Crippen molar-refractivity contribution in [2.45, 2.75) is 84.2 Å². The Morgan fingerprint density at radius 3 is 2.51 bits per heavy atom. The summed E-state index contributed by atoms with van der Waals surface area (Å²) in [5.41, 5.74) is 4.66. The molecule has 1 amide bonds. The van der Waals surface area contributed by atoms with Crippen LogP contribution < -0.4 is 5.32 Å². The molecule has 4 rings (SSSR count). The Kier molecular flexibility index (Phi) is 8.91. The second-order valence-corrected chi connectivity index (χ2v) is 11.7.